The molecule has 1 saturated heterocycles. The number of amides is 4. The fourth-order valence-corrected chi connectivity index (χ4v) is 6.63. The van der Waals surface area contributed by atoms with Gasteiger partial charge in [0.2, 0.25) is 5.91 Å². The van der Waals surface area contributed by atoms with Gasteiger partial charge >= 0.3 is 6.03 Å². The number of urea groups is 1. The van der Waals surface area contributed by atoms with E-state index < -0.39 is 0 Å². The second kappa shape index (κ2) is 13.2. The van der Waals surface area contributed by atoms with E-state index in [1.807, 2.05) is 34.6 Å². The summed E-state index contributed by atoms with van der Waals surface area (Å²) in [5, 5.41) is 8.61. The van der Waals surface area contributed by atoms with E-state index in [1.54, 1.807) is 53.5 Å². The molecule has 2 N–H and O–H groups in total. The number of aryl methyl sites for hydroxylation is 1. The van der Waals surface area contributed by atoms with Crippen molar-refractivity contribution in [2.75, 3.05) is 45.2 Å². The van der Waals surface area contributed by atoms with Crippen molar-refractivity contribution in [3.8, 4) is 0 Å². The molecule has 0 aliphatic carbocycles. The molecule has 1 aromatic heterocycles. The smallest absolute Gasteiger partial charge is 0.322 e. The summed E-state index contributed by atoms with van der Waals surface area (Å²) in [6.07, 6.45) is 9.31. The van der Waals surface area contributed by atoms with Crippen molar-refractivity contribution < 1.29 is 19.1 Å². The van der Waals surface area contributed by atoms with Gasteiger partial charge in [-0.1, -0.05) is 29.8 Å². The predicted molar refractivity (Wildman–Crippen MR) is 161 cm³/mol. The van der Waals surface area contributed by atoms with Crippen LogP contribution >= 0.6 is 22.9 Å². The molecule has 0 radical (unpaired) electrons. The third kappa shape index (κ3) is 6.67. The molecule has 0 bridgehead atoms. The van der Waals surface area contributed by atoms with Crippen LogP contribution in [0.2, 0.25) is 5.02 Å². The number of methoxy groups -OCH3 is 1. The Morgan fingerprint density at radius 3 is 2.85 bits per heavy atom. The number of anilines is 1. The van der Waals surface area contributed by atoms with E-state index in [-0.39, 0.29) is 36.5 Å². The highest BCUT2D eigenvalue weighted by Gasteiger charge is 2.32. The Balaban J connectivity index is 1.19. The molecule has 1 aromatic carbocycles. The molecule has 5 rings (SSSR count). The number of thiophene rings is 1. The van der Waals surface area contributed by atoms with Crippen LogP contribution in [-0.4, -0.2) is 80.1 Å². The number of nitrogens with one attached hydrogen (secondary N) is 2. The standard InChI is InChI=1S/C30H36ClN5O4S/c1-34(29(38)25-16-23(40-2)18-32-25)19-22-7-3-5-12-35(22)30(39)33-17-21-10-9-20(15-24(21)31)28(37)36-13-6-4-8-27-26(36)11-14-41-27/h3,5,7,9-11,14-15,23,25,32H,4,6,8,12-13,16-19H2,1-2H3,(H,33,39)/t23-,25+/m1/s1. The van der Waals surface area contributed by atoms with Crippen molar-refractivity contribution in [3.05, 3.63) is 74.6 Å². The highest BCUT2D eigenvalue weighted by Crippen LogP contribution is 2.32. The highest BCUT2D eigenvalue weighted by molar-refractivity contribution is 7.10. The van der Waals surface area contributed by atoms with Gasteiger partial charge < -0.3 is 25.2 Å². The number of benzene rings is 1. The van der Waals surface area contributed by atoms with E-state index in [1.165, 1.54) is 4.88 Å². The number of allylic oxidation sites excluding steroid dienone is 2. The number of nitrogens with zero attached hydrogens (tertiary/aromatic N) is 3. The first-order valence-electron chi connectivity index (χ1n) is 13.9. The quantitative estimate of drug-likeness (QED) is 0.499. The Labute approximate surface area is 249 Å². The predicted octanol–water partition coefficient (Wildman–Crippen LogP) is 4.19. The number of carbonyl (C=O) groups is 3. The molecule has 9 nitrogen and oxygen atoms in total. The molecule has 0 unspecified atom stereocenters. The van der Waals surface area contributed by atoms with E-state index in [2.05, 4.69) is 10.6 Å². The number of likely N-dealkylation sites (N-methyl/N-ethyl adjacent to an activating group) is 1. The molecule has 2 aromatic rings. The monoisotopic (exact) mass is 597 g/mol. The van der Waals surface area contributed by atoms with Gasteiger partial charge in [-0.3, -0.25) is 14.5 Å². The molecule has 3 aliphatic heterocycles. The molecule has 0 spiro atoms. The fourth-order valence-electron chi connectivity index (χ4n) is 5.46. The van der Waals surface area contributed by atoms with Crippen molar-refractivity contribution >= 4 is 46.5 Å². The number of hydrogen-bond donors (Lipinski definition) is 2. The van der Waals surface area contributed by atoms with Gasteiger partial charge in [0.1, 0.15) is 0 Å². The summed E-state index contributed by atoms with van der Waals surface area (Å²) >= 11 is 8.29. The lowest BCUT2D eigenvalue weighted by molar-refractivity contribution is -0.131. The summed E-state index contributed by atoms with van der Waals surface area (Å²) in [5.41, 5.74) is 2.96. The van der Waals surface area contributed by atoms with Gasteiger partial charge in [-0.15, -0.1) is 11.3 Å². The van der Waals surface area contributed by atoms with E-state index in [4.69, 9.17) is 16.3 Å². The zero-order valence-corrected chi connectivity index (χ0v) is 25.0. The summed E-state index contributed by atoms with van der Waals surface area (Å²) in [4.78, 5) is 45.9. The average Bonchev–Trinajstić information content (AvgIpc) is 3.61. The number of hydrogen-bond acceptors (Lipinski definition) is 6. The molecule has 41 heavy (non-hydrogen) atoms. The normalized spacial score (nSPS) is 20.3. The first-order valence-corrected chi connectivity index (χ1v) is 15.2. The summed E-state index contributed by atoms with van der Waals surface area (Å²) in [7, 11) is 3.39. The van der Waals surface area contributed by atoms with Gasteiger partial charge in [0.05, 0.1) is 24.4 Å². The average molecular weight is 598 g/mol. The molecule has 1 fully saturated rings. The van der Waals surface area contributed by atoms with E-state index >= 15 is 0 Å². The SMILES string of the molecule is CO[C@H]1CN[C@H](C(=O)N(C)CC2=CC=CCN2C(=O)NCc2ccc(C(=O)N3CCCCc4sccc43)cc2Cl)C1. The molecule has 11 heteroatoms. The zero-order valence-electron chi connectivity index (χ0n) is 23.4. The van der Waals surface area contributed by atoms with Gasteiger partial charge in [0.25, 0.3) is 5.91 Å². The fraction of sp³-hybridized carbons (Fsp3) is 0.433. The molecular weight excluding hydrogens is 562 g/mol. The van der Waals surface area contributed by atoms with Crippen molar-refractivity contribution in [2.24, 2.45) is 0 Å². The summed E-state index contributed by atoms with van der Waals surface area (Å²) in [6.45, 7) is 2.23. The minimum Gasteiger partial charge on any atom is -0.380 e. The van der Waals surface area contributed by atoms with Gasteiger partial charge in [-0.25, -0.2) is 4.79 Å². The van der Waals surface area contributed by atoms with Gasteiger partial charge in [0, 0.05) is 61.5 Å². The van der Waals surface area contributed by atoms with Gasteiger partial charge in [-0.05, 0) is 60.9 Å². The number of carbonyl (C=O) groups excluding carboxylic acids is 3. The zero-order chi connectivity index (χ0) is 28.9. The molecule has 4 heterocycles. The van der Waals surface area contributed by atoms with Gasteiger partial charge in [-0.2, -0.15) is 0 Å². The maximum Gasteiger partial charge on any atom is 0.322 e. The lowest BCUT2D eigenvalue weighted by Gasteiger charge is -2.30. The maximum atomic E-state index is 13.4. The Morgan fingerprint density at radius 1 is 1.22 bits per heavy atom. The van der Waals surface area contributed by atoms with Crippen LogP contribution in [0.15, 0.2) is 53.6 Å². The molecule has 3 aliphatic rings. The van der Waals surface area contributed by atoms with Crippen LogP contribution < -0.4 is 15.5 Å². The van der Waals surface area contributed by atoms with Crippen LogP contribution in [0.1, 0.15) is 40.1 Å². The number of fused-ring (bicyclic) bond motifs is 1. The Kier molecular flexibility index (Phi) is 9.44. The summed E-state index contributed by atoms with van der Waals surface area (Å²) in [6, 6.07) is 6.68. The largest absolute Gasteiger partial charge is 0.380 e. The second-order valence-corrected chi connectivity index (χ2v) is 12.0. The highest BCUT2D eigenvalue weighted by atomic mass is 35.5. The van der Waals surface area contributed by atoms with Crippen molar-refractivity contribution in [1.82, 2.24) is 20.4 Å². The third-order valence-corrected chi connectivity index (χ3v) is 9.15. The van der Waals surface area contributed by atoms with Crippen LogP contribution in [-0.2, 0) is 22.5 Å². The molecular formula is C30H36ClN5O4S. The van der Waals surface area contributed by atoms with Crippen LogP contribution in [0.25, 0.3) is 0 Å². The lowest BCUT2D eigenvalue weighted by Crippen LogP contribution is -2.46. The van der Waals surface area contributed by atoms with Crippen molar-refractivity contribution in [3.63, 3.8) is 0 Å². The Hall–Kier alpha value is -3.18. The lowest BCUT2D eigenvalue weighted by atomic mass is 10.1. The summed E-state index contributed by atoms with van der Waals surface area (Å²) in [5.74, 6) is -0.0969. The molecule has 4 amide bonds. The molecule has 2 atom stereocenters. The van der Waals surface area contributed by atoms with Crippen LogP contribution in [0.4, 0.5) is 10.5 Å². The maximum absolute atomic E-state index is 13.4. The van der Waals surface area contributed by atoms with Gasteiger partial charge in [0.15, 0.2) is 0 Å². The minimum atomic E-state index is -0.296. The third-order valence-electron chi connectivity index (χ3n) is 7.83. The van der Waals surface area contributed by atoms with E-state index in [0.717, 1.165) is 30.6 Å². The van der Waals surface area contributed by atoms with E-state index in [9.17, 15) is 14.4 Å². The number of ether oxygens (including phenoxy) is 1. The Morgan fingerprint density at radius 2 is 2.07 bits per heavy atom. The molecule has 0 saturated carbocycles. The number of halogens is 1. The Bertz CT molecular complexity index is 1360. The van der Waals surface area contributed by atoms with E-state index in [0.29, 0.717) is 48.7 Å². The first-order chi connectivity index (χ1) is 19.9. The van der Waals surface area contributed by atoms with Crippen LogP contribution in [0.3, 0.4) is 0 Å². The van der Waals surface area contributed by atoms with Crippen molar-refractivity contribution in [1.29, 1.82) is 0 Å². The summed E-state index contributed by atoms with van der Waals surface area (Å²) < 4.78 is 5.36. The van der Waals surface area contributed by atoms with Crippen LogP contribution in [0.5, 0.6) is 0 Å². The minimum absolute atomic E-state index is 0.0265. The topological polar surface area (TPSA) is 94.2 Å². The molecule has 218 valence electrons. The van der Waals surface area contributed by atoms with Crippen LogP contribution in [0, 0.1) is 0 Å². The second-order valence-electron chi connectivity index (χ2n) is 10.6. The first kappa shape index (κ1) is 29.3. The number of rotatable bonds is 7. The van der Waals surface area contributed by atoms with Crippen molar-refractivity contribution in [2.45, 2.75) is 44.4 Å².